The number of halogens is 5. The lowest BCUT2D eigenvalue weighted by Crippen LogP contribution is -2.34. The number of hydrogen-bond acceptors (Lipinski definition) is 4. The van der Waals surface area contributed by atoms with Crippen LogP contribution in [0.1, 0.15) is 70.3 Å². The molecular formula is C33H30F5N5O2. The van der Waals surface area contributed by atoms with Crippen molar-refractivity contribution in [3.8, 4) is 11.1 Å². The topological polar surface area (TPSA) is 88.9 Å². The van der Waals surface area contributed by atoms with E-state index in [0.717, 1.165) is 35.7 Å². The van der Waals surface area contributed by atoms with E-state index in [2.05, 4.69) is 20.7 Å². The third-order valence-corrected chi connectivity index (χ3v) is 8.03. The molecule has 0 radical (unpaired) electrons. The molecule has 2 aromatic heterocycles. The van der Waals surface area contributed by atoms with Crippen LogP contribution in [0.15, 0.2) is 60.8 Å². The Balaban J connectivity index is 1.33. The first kappa shape index (κ1) is 30.4. The number of rotatable bonds is 9. The molecule has 0 aliphatic heterocycles. The normalized spacial score (nSPS) is 15.3. The summed E-state index contributed by atoms with van der Waals surface area (Å²) in [6, 6.07) is 12.6. The predicted octanol–water partition coefficient (Wildman–Crippen LogP) is 6.11. The summed E-state index contributed by atoms with van der Waals surface area (Å²) >= 11 is 0. The van der Waals surface area contributed by atoms with Gasteiger partial charge in [-0.15, -0.1) is 0 Å². The molecular weight excluding hydrogens is 593 g/mol. The van der Waals surface area contributed by atoms with Crippen molar-refractivity contribution in [2.75, 3.05) is 0 Å². The molecule has 1 fully saturated rings. The van der Waals surface area contributed by atoms with Gasteiger partial charge in [-0.3, -0.25) is 19.3 Å². The third kappa shape index (κ3) is 7.05. The molecule has 2 heterocycles. The molecule has 0 spiro atoms. The summed E-state index contributed by atoms with van der Waals surface area (Å²) in [5.74, 6) is -2.46. The maximum Gasteiger partial charge on any atom is 0.435 e. The number of amides is 2. The molecule has 1 atom stereocenters. The zero-order valence-electron chi connectivity index (χ0n) is 24.1. The van der Waals surface area contributed by atoms with E-state index in [4.69, 9.17) is 0 Å². The van der Waals surface area contributed by atoms with Crippen molar-refractivity contribution in [1.82, 2.24) is 25.4 Å². The summed E-state index contributed by atoms with van der Waals surface area (Å²) in [5, 5.41) is 9.57. The van der Waals surface area contributed by atoms with Crippen molar-refractivity contribution in [2.24, 2.45) is 0 Å². The smallest absolute Gasteiger partial charge is 0.349 e. The SMILES string of the molecule is O=C(Cn1nc(C(F)(F)F)c2c1CCCC2)N[C@@H](Cc1cc(F)cc(F)c1)c1ncccc1-c1cccc(C(=O)NC2CC2)c1. The van der Waals surface area contributed by atoms with E-state index in [1.165, 1.54) is 6.20 Å². The highest BCUT2D eigenvalue weighted by Crippen LogP contribution is 2.36. The van der Waals surface area contributed by atoms with Crippen LogP contribution in [0.3, 0.4) is 0 Å². The zero-order chi connectivity index (χ0) is 31.7. The Morgan fingerprint density at radius 1 is 0.978 bits per heavy atom. The number of benzene rings is 2. The molecule has 0 unspecified atom stereocenters. The molecule has 0 bridgehead atoms. The van der Waals surface area contributed by atoms with E-state index in [0.29, 0.717) is 47.3 Å². The molecule has 2 aliphatic carbocycles. The average Bonchev–Trinajstić information content (AvgIpc) is 3.74. The van der Waals surface area contributed by atoms with E-state index in [9.17, 15) is 31.5 Å². The molecule has 12 heteroatoms. The van der Waals surface area contributed by atoms with Crippen molar-refractivity contribution in [3.63, 3.8) is 0 Å². The van der Waals surface area contributed by atoms with Gasteiger partial charge in [0.1, 0.15) is 18.2 Å². The van der Waals surface area contributed by atoms with Crippen LogP contribution < -0.4 is 10.6 Å². The molecule has 2 aromatic carbocycles. The number of alkyl halides is 3. The number of carbonyl (C=O) groups is 2. The van der Waals surface area contributed by atoms with Gasteiger partial charge in [0, 0.05) is 40.7 Å². The number of nitrogens with zero attached hydrogens (tertiary/aromatic N) is 3. The Morgan fingerprint density at radius 2 is 1.73 bits per heavy atom. The first-order valence-corrected chi connectivity index (χ1v) is 14.8. The number of aromatic nitrogens is 3. The monoisotopic (exact) mass is 623 g/mol. The van der Waals surface area contributed by atoms with E-state index in [-0.39, 0.29) is 35.9 Å². The van der Waals surface area contributed by atoms with Crippen LogP contribution in [0.4, 0.5) is 22.0 Å². The number of hydrogen-bond donors (Lipinski definition) is 2. The number of nitrogens with one attached hydrogen (secondary N) is 2. The van der Waals surface area contributed by atoms with Crippen LogP contribution in [-0.2, 0) is 36.8 Å². The van der Waals surface area contributed by atoms with Gasteiger partial charge in [-0.1, -0.05) is 18.2 Å². The second-order valence-electron chi connectivity index (χ2n) is 11.5. The lowest BCUT2D eigenvalue weighted by molar-refractivity contribution is -0.142. The van der Waals surface area contributed by atoms with Crippen LogP contribution >= 0.6 is 0 Å². The zero-order valence-corrected chi connectivity index (χ0v) is 24.1. The summed E-state index contributed by atoms with van der Waals surface area (Å²) in [4.78, 5) is 30.8. The highest BCUT2D eigenvalue weighted by molar-refractivity contribution is 5.96. The summed E-state index contributed by atoms with van der Waals surface area (Å²) in [7, 11) is 0. The molecule has 4 aromatic rings. The van der Waals surface area contributed by atoms with Gasteiger partial charge in [-0.05, 0) is 86.4 Å². The fourth-order valence-electron chi connectivity index (χ4n) is 5.85. The van der Waals surface area contributed by atoms with Gasteiger partial charge in [0.05, 0.1) is 11.7 Å². The van der Waals surface area contributed by atoms with Crippen molar-refractivity contribution in [3.05, 3.63) is 106 Å². The second kappa shape index (κ2) is 12.4. The van der Waals surface area contributed by atoms with Gasteiger partial charge >= 0.3 is 6.18 Å². The highest BCUT2D eigenvalue weighted by Gasteiger charge is 2.39. The maximum atomic E-state index is 14.2. The van der Waals surface area contributed by atoms with Gasteiger partial charge in [0.25, 0.3) is 5.91 Å². The molecule has 2 amide bonds. The molecule has 234 valence electrons. The van der Waals surface area contributed by atoms with Crippen LogP contribution in [0.25, 0.3) is 11.1 Å². The van der Waals surface area contributed by atoms with Crippen molar-refractivity contribution in [1.29, 1.82) is 0 Å². The Labute approximate surface area is 255 Å². The molecule has 2 N–H and O–H groups in total. The molecule has 7 nitrogen and oxygen atoms in total. The van der Waals surface area contributed by atoms with Crippen LogP contribution in [0.2, 0.25) is 0 Å². The Hall–Kier alpha value is -4.61. The minimum Gasteiger partial charge on any atom is -0.349 e. The van der Waals surface area contributed by atoms with E-state index < -0.39 is 42.0 Å². The number of pyridine rings is 1. The van der Waals surface area contributed by atoms with E-state index in [1.807, 2.05) is 0 Å². The molecule has 2 aliphatic rings. The van der Waals surface area contributed by atoms with E-state index in [1.54, 1.807) is 36.4 Å². The van der Waals surface area contributed by atoms with Gasteiger partial charge in [0.15, 0.2) is 5.69 Å². The van der Waals surface area contributed by atoms with Gasteiger partial charge in [-0.25, -0.2) is 8.78 Å². The van der Waals surface area contributed by atoms with Crippen LogP contribution in [0.5, 0.6) is 0 Å². The van der Waals surface area contributed by atoms with E-state index >= 15 is 0 Å². The van der Waals surface area contributed by atoms with Gasteiger partial charge in [-0.2, -0.15) is 18.3 Å². The fraction of sp³-hybridized carbons (Fsp3) is 0.333. The Bertz CT molecular complexity index is 1730. The van der Waals surface area contributed by atoms with Crippen molar-refractivity contribution < 1.29 is 31.5 Å². The molecule has 1 saturated carbocycles. The van der Waals surface area contributed by atoms with Gasteiger partial charge in [0.2, 0.25) is 5.91 Å². The molecule has 45 heavy (non-hydrogen) atoms. The first-order valence-electron chi connectivity index (χ1n) is 14.8. The summed E-state index contributed by atoms with van der Waals surface area (Å²) in [6.45, 7) is -0.481. The maximum absolute atomic E-state index is 14.2. The minimum absolute atomic E-state index is 0.0721. The summed E-state index contributed by atoms with van der Waals surface area (Å²) in [5.41, 5.74) is 1.74. The largest absolute Gasteiger partial charge is 0.435 e. The minimum atomic E-state index is -4.65. The second-order valence-corrected chi connectivity index (χ2v) is 11.5. The van der Waals surface area contributed by atoms with Gasteiger partial charge < -0.3 is 10.6 Å². The van der Waals surface area contributed by atoms with Crippen molar-refractivity contribution >= 4 is 11.8 Å². The summed E-state index contributed by atoms with van der Waals surface area (Å²) in [6.07, 6.45) is 0.525. The predicted molar refractivity (Wildman–Crippen MR) is 155 cm³/mol. The first-order chi connectivity index (χ1) is 21.5. The quantitative estimate of drug-likeness (QED) is 0.220. The summed E-state index contributed by atoms with van der Waals surface area (Å²) < 4.78 is 70.7. The number of carbonyl (C=O) groups excluding carboxylic acids is 2. The number of fused-ring (bicyclic) bond motifs is 1. The Kier molecular flexibility index (Phi) is 8.39. The fourth-order valence-corrected chi connectivity index (χ4v) is 5.85. The lowest BCUT2D eigenvalue weighted by Gasteiger charge is -2.22. The third-order valence-electron chi connectivity index (χ3n) is 8.03. The Morgan fingerprint density at radius 3 is 2.47 bits per heavy atom. The average molecular weight is 624 g/mol. The van der Waals surface area contributed by atoms with Crippen LogP contribution in [-0.4, -0.2) is 32.6 Å². The van der Waals surface area contributed by atoms with Crippen molar-refractivity contribution in [2.45, 2.75) is 69.8 Å². The molecule has 6 rings (SSSR count). The van der Waals surface area contributed by atoms with Crippen LogP contribution in [0, 0.1) is 11.6 Å². The molecule has 0 saturated heterocycles. The highest BCUT2D eigenvalue weighted by atomic mass is 19.4. The lowest BCUT2D eigenvalue weighted by atomic mass is 9.94. The standard InChI is InChI=1S/C33H30F5N5O2/c34-22-13-19(14-23(35)17-22)15-27(41-29(44)18-43-28-9-2-1-7-26(28)31(42-43)33(36,37)38)30-25(8-4-12-39-30)20-5-3-6-21(16-20)32(45)40-24-10-11-24/h3-6,8,12-14,16-17,24,27H,1-2,7,9-11,15,18H2,(H,40,45)(H,41,44)/t27-/m0/s1.